The molecule has 6 nitrogen and oxygen atoms in total. The van der Waals surface area contributed by atoms with Gasteiger partial charge in [0.2, 0.25) is 0 Å². The fourth-order valence-corrected chi connectivity index (χ4v) is 2.12. The maximum Gasteiger partial charge on any atom is 0.358 e. The minimum atomic E-state index is -1.18. The first kappa shape index (κ1) is 16.4. The van der Waals surface area contributed by atoms with Gasteiger partial charge in [-0.15, -0.1) is 0 Å². The molecule has 120 valence electrons. The number of rotatable bonds is 6. The Balaban J connectivity index is 2.27. The van der Waals surface area contributed by atoms with Crippen molar-refractivity contribution in [3.05, 3.63) is 59.2 Å². The molecule has 0 spiro atoms. The normalized spacial score (nSPS) is 11.1. The molecular weight excluding hydrogens is 298 g/mol. The van der Waals surface area contributed by atoms with Gasteiger partial charge in [0, 0.05) is 5.56 Å². The fourth-order valence-electron chi connectivity index (χ4n) is 2.12. The fraction of sp³-hybridized carbons (Fsp3) is 0.176. The number of phenolic OH excluding ortho intramolecular Hbond substituents is 1. The molecule has 0 atom stereocenters. The van der Waals surface area contributed by atoms with Gasteiger partial charge >= 0.3 is 5.97 Å². The van der Waals surface area contributed by atoms with Crippen LogP contribution in [0.3, 0.4) is 0 Å². The second kappa shape index (κ2) is 7.31. The van der Waals surface area contributed by atoms with Gasteiger partial charge in [-0.05, 0) is 36.2 Å². The Kier molecular flexibility index (Phi) is 5.19. The van der Waals surface area contributed by atoms with E-state index in [4.69, 9.17) is 4.74 Å². The van der Waals surface area contributed by atoms with E-state index in [2.05, 4.69) is 9.99 Å². The lowest BCUT2D eigenvalue weighted by Crippen LogP contribution is -2.17. The molecule has 0 heterocycles. The van der Waals surface area contributed by atoms with Crippen LogP contribution in [0.25, 0.3) is 0 Å². The number of carboxylic acids is 1. The van der Waals surface area contributed by atoms with Crippen molar-refractivity contribution in [1.29, 1.82) is 0 Å². The largest absolute Gasteiger partial charge is 0.508 e. The van der Waals surface area contributed by atoms with Gasteiger partial charge in [-0.2, -0.15) is 0 Å². The summed E-state index contributed by atoms with van der Waals surface area (Å²) in [6, 6.07) is 11.7. The van der Waals surface area contributed by atoms with Crippen molar-refractivity contribution in [3.63, 3.8) is 0 Å². The van der Waals surface area contributed by atoms with Crippen LogP contribution in [0, 0.1) is 6.92 Å². The second-order valence-corrected chi connectivity index (χ2v) is 4.82. The molecule has 23 heavy (non-hydrogen) atoms. The zero-order chi connectivity index (χ0) is 16.8. The minimum Gasteiger partial charge on any atom is -0.508 e. The summed E-state index contributed by atoms with van der Waals surface area (Å²) in [6.07, 6.45) is 0. The summed E-state index contributed by atoms with van der Waals surface area (Å²) in [5.74, 6) is -0.408. The summed E-state index contributed by atoms with van der Waals surface area (Å²) >= 11 is 0. The molecule has 0 saturated carbocycles. The summed E-state index contributed by atoms with van der Waals surface area (Å²) in [7, 11) is 1.29. The third-order valence-electron chi connectivity index (χ3n) is 3.20. The first-order valence-corrected chi connectivity index (χ1v) is 6.88. The molecule has 0 aromatic heterocycles. The number of oxime groups is 1. The molecule has 2 rings (SSSR count). The summed E-state index contributed by atoms with van der Waals surface area (Å²) in [4.78, 5) is 15.9. The first-order valence-electron chi connectivity index (χ1n) is 6.88. The molecule has 0 radical (unpaired) electrons. The van der Waals surface area contributed by atoms with Gasteiger partial charge in [0.1, 0.15) is 25.2 Å². The lowest BCUT2D eigenvalue weighted by molar-refractivity contribution is -0.129. The SMILES string of the molecule is CON=C(C(=O)O)c1ccccc1COc1ccc(O)cc1C. The van der Waals surface area contributed by atoms with Crippen LogP contribution in [0.15, 0.2) is 47.6 Å². The highest BCUT2D eigenvalue weighted by Gasteiger charge is 2.17. The number of benzene rings is 2. The molecule has 0 aliphatic rings. The smallest absolute Gasteiger partial charge is 0.358 e. The van der Waals surface area contributed by atoms with Crippen molar-refractivity contribution in [1.82, 2.24) is 0 Å². The van der Waals surface area contributed by atoms with E-state index in [1.165, 1.54) is 13.2 Å². The van der Waals surface area contributed by atoms with Gasteiger partial charge in [0.05, 0.1) is 0 Å². The van der Waals surface area contributed by atoms with E-state index in [9.17, 15) is 15.0 Å². The van der Waals surface area contributed by atoms with Crippen molar-refractivity contribution < 1.29 is 24.6 Å². The third kappa shape index (κ3) is 4.00. The molecule has 0 unspecified atom stereocenters. The summed E-state index contributed by atoms with van der Waals surface area (Å²) in [6.45, 7) is 1.98. The number of hydrogen-bond donors (Lipinski definition) is 2. The molecule has 0 amide bonds. The molecule has 0 bridgehead atoms. The maximum absolute atomic E-state index is 11.3. The quantitative estimate of drug-likeness (QED) is 0.632. The number of aromatic hydroxyl groups is 1. The van der Waals surface area contributed by atoms with E-state index in [-0.39, 0.29) is 18.1 Å². The monoisotopic (exact) mass is 315 g/mol. The van der Waals surface area contributed by atoms with Crippen molar-refractivity contribution in [3.8, 4) is 11.5 Å². The minimum absolute atomic E-state index is 0.163. The zero-order valence-corrected chi connectivity index (χ0v) is 12.8. The molecule has 0 aliphatic heterocycles. The lowest BCUT2D eigenvalue weighted by atomic mass is 10.0. The Labute approximate surface area is 133 Å². The number of carbonyl (C=O) groups is 1. The van der Waals surface area contributed by atoms with Gasteiger partial charge in [-0.3, -0.25) is 0 Å². The van der Waals surface area contributed by atoms with Crippen LogP contribution in [0.1, 0.15) is 16.7 Å². The summed E-state index contributed by atoms with van der Waals surface area (Å²) in [5.41, 5.74) is 1.69. The second-order valence-electron chi connectivity index (χ2n) is 4.82. The standard InChI is InChI=1S/C17H17NO5/c1-11-9-13(19)7-8-15(11)23-10-12-5-3-4-6-14(12)16(17(20)21)18-22-2/h3-9,19H,10H2,1-2H3,(H,20,21). The average molecular weight is 315 g/mol. The number of nitrogens with zero attached hydrogens (tertiary/aromatic N) is 1. The van der Waals surface area contributed by atoms with E-state index in [0.717, 1.165) is 5.56 Å². The summed E-state index contributed by atoms with van der Waals surface area (Å²) in [5, 5.41) is 22.2. The van der Waals surface area contributed by atoms with Crippen LogP contribution in [0.4, 0.5) is 0 Å². The molecule has 2 aromatic carbocycles. The van der Waals surface area contributed by atoms with Crippen molar-refractivity contribution >= 4 is 11.7 Å². The maximum atomic E-state index is 11.3. The highest BCUT2D eigenvalue weighted by atomic mass is 16.6. The number of hydrogen-bond acceptors (Lipinski definition) is 5. The van der Waals surface area contributed by atoms with Crippen molar-refractivity contribution in [2.75, 3.05) is 7.11 Å². The molecular formula is C17H17NO5. The Hall–Kier alpha value is -3.02. The molecule has 0 fully saturated rings. The lowest BCUT2D eigenvalue weighted by Gasteiger charge is -2.12. The number of carboxylic acid groups (broad SMARTS) is 1. The topological polar surface area (TPSA) is 88.4 Å². The van der Waals surface area contributed by atoms with Gasteiger partial charge < -0.3 is 19.8 Å². The molecule has 0 aliphatic carbocycles. The van der Waals surface area contributed by atoms with E-state index >= 15 is 0 Å². The third-order valence-corrected chi connectivity index (χ3v) is 3.20. The van der Waals surface area contributed by atoms with Crippen molar-refractivity contribution in [2.24, 2.45) is 5.16 Å². The van der Waals surface area contributed by atoms with Gasteiger partial charge in [0.15, 0.2) is 5.71 Å². The Morgan fingerprint density at radius 3 is 2.61 bits per heavy atom. The molecule has 2 aromatic rings. The Morgan fingerprint density at radius 1 is 1.22 bits per heavy atom. The number of phenols is 1. The van der Waals surface area contributed by atoms with E-state index in [1.807, 2.05) is 6.92 Å². The number of aryl methyl sites for hydroxylation is 1. The van der Waals surface area contributed by atoms with Gasteiger partial charge in [-0.1, -0.05) is 29.4 Å². The Morgan fingerprint density at radius 2 is 1.96 bits per heavy atom. The van der Waals surface area contributed by atoms with Gasteiger partial charge in [-0.25, -0.2) is 4.79 Å². The highest BCUT2D eigenvalue weighted by Crippen LogP contribution is 2.24. The van der Waals surface area contributed by atoms with Crippen LogP contribution >= 0.6 is 0 Å². The van der Waals surface area contributed by atoms with E-state index in [0.29, 0.717) is 16.9 Å². The average Bonchev–Trinajstić information content (AvgIpc) is 2.52. The van der Waals surface area contributed by atoms with Crippen molar-refractivity contribution in [2.45, 2.75) is 13.5 Å². The predicted octanol–water partition coefficient (Wildman–Crippen LogP) is 2.71. The Bertz CT molecular complexity index is 740. The van der Waals surface area contributed by atoms with Crippen LogP contribution in [0.5, 0.6) is 11.5 Å². The molecule has 6 heteroatoms. The first-order chi connectivity index (χ1) is 11.0. The number of aliphatic carboxylic acids is 1. The predicted molar refractivity (Wildman–Crippen MR) is 84.8 cm³/mol. The number of ether oxygens (including phenoxy) is 1. The highest BCUT2D eigenvalue weighted by molar-refractivity contribution is 6.42. The van der Waals surface area contributed by atoms with Crippen LogP contribution in [-0.2, 0) is 16.2 Å². The molecule has 2 N–H and O–H groups in total. The zero-order valence-electron chi connectivity index (χ0n) is 12.8. The van der Waals surface area contributed by atoms with Crippen LogP contribution in [-0.4, -0.2) is 29.0 Å². The van der Waals surface area contributed by atoms with Gasteiger partial charge in [0.25, 0.3) is 0 Å². The summed E-state index contributed by atoms with van der Waals surface area (Å²) < 4.78 is 5.73. The van der Waals surface area contributed by atoms with Crippen LogP contribution < -0.4 is 4.74 Å². The molecule has 0 saturated heterocycles. The van der Waals surface area contributed by atoms with E-state index in [1.54, 1.807) is 36.4 Å². The van der Waals surface area contributed by atoms with E-state index < -0.39 is 5.97 Å². The van der Waals surface area contributed by atoms with Crippen LogP contribution in [0.2, 0.25) is 0 Å².